The Morgan fingerprint density at radius 3 is 2.52 bits per heavy atom. The summed E-state index contributed by atoms with van der Waals surface area (Å²) < 4.78 is 1.97. The molecule has 31 heavy (non-hydrogen) atoms. The molecule has 1 amide bonds. The molecule has 0 aromatic carbocycles. The van der Waals surface area contributed by atoms with E-state index in [1.165, 1.54) is 18.5 Å². The Hall–Kier alpha value is -1.47. The molecule has 2 saturated carbocycles. The van der Waals surface area contributed by atoms with Crippen LogP contribution in [0.25, 0.3) is 0 Å². The van der Waals surface area contributed by atoms with Crippen molar-refractivity contribution in [2.24, 2.45) is 35.0 Å². The van der Waals surface area contributed by atoms with Crippen molar-refractivity contribution in [3.63, 3.8) is 0 Å². The zero-order chi connectivity index (χ0) is 22.3. The van der Waals surface area contributed by atoms with Crippen LogP contribution < -0.4 is 5.32 Å². The summed E-state index contributed by atoms with van der Waals surface area (Å²) in [6, 6.07) is 0. The van der Waals surface area contributed by atoms with E-state index in [1.807, 2.05) is 4.68 Å². The predicted molar refractivity (Wildman–Crippen MR) is 118 cm³/mol. The van der Waals surface area contributed by atoms with Crippen LogP contribution in [0.3, 0.4) is 0 Å². The lowest BCUT2D eigenvalue weighted by Gasteiger charge is -2.19. The van der Waals surface area contributed by atoms with Crippen LogP contribution in [0, 0.1) is 35.0 Å². The molecule has 3 N–H and O–H groups in total. The number of carbonyl (C=O) groups is 1. The fourth-order valence-electron chi connectivity index (χ4n) is 5.90. The molecule has 1 heterocycles. The first-order chi connectivity index (χ1) is 14.6. The summed E-state index contributed by atoms with van der Waals surface area (Å²) in [5, 5.41) is 33.1. The summed E-state index contributed by atoms with van der Waals surface area (Å²) in [6.45, 7) is 10.0. The van der Waals surface area contributed by atoms with Crippen molar-refractivity contribution < 1.29 is 15.0 Å². The van der Waals surface area contributed by atoms with Crippen LogP contribution in [0.4, 0.5) is 0 Å². The van der Waals surface area contributed by atoms with Crippen LogP contribution in [0.15, 0.2) is 0 Å². The van der Waals surface area contributed by atoms with Gasteiger partial charge >= 0.3 is 0 Å². The Kier molecular flexibility index (Phi) is 6.46. The lowest BCUT2D eigenvalue weighted by molar-refractivity contribution is -0.123. The van der Waals surface area contributed by atoms with Crippen LogP contribution >= 0.6 is 0 Å². The van der Waals surface area contributed by atoms with Gasteiger partial charge < -0.3 is 15.5 Å². The Morgan fingerprint density at radius 1 is 1.13 bits per heavy atom. The Morgan fingerprint density at radius 2 is 1.81 bits per heavy atom. The fourth-order valence-corrected chi connectivity index (χ4v) is 5.90. The maximum Gasteiger partial charge on any atom is 0.220 e. The molecule has 0 bridgehead atoms. The molecule has 7 atom stereocenters. The normalized spacial score (nSPS) is 35.1. The molecule has 0 saturated heterocycles. The number of hydrogen-bond acceptors (Lipinski definition) is 5. The minimum absolute atomic E-state index is 0.0415. The monoisotopic (exact) mass is 432 g/mol. The van der Waals surface area contributed by atoms with Crippen LogP contribution in [0.1, 0.15) is 71.2 Å². The number of aryl methyl sites for hydroxylation is 1. The summed E-state index contributed by atoms with van der Waals surface area (Å²) in [5.74, 6) is 2.18. The highest BCUT2D eigenvalue weighted by atomic mass is 16.3. The molecule has 4 rings (SSSR count). The highest BCUT2D eigenvalue weighted by Crippen LogP contribution is 2.52. The summed E-state index contributed by atoms with van der Waals surface area (Å²) in [5.41, 5.74) is 2.50. The molecule has 1 aromatic heterocycles. The van der Waals surface area contributed by atoms with Crippen molar-refractivity contribution >= 4 is 5.91 Å². The molecule has 3 aliphatic rings. The third-order valence-electron chi connectivity index (χ3n) is 8.08. The average Bonchev–Trinajstić information content (AvgIpc) is 2.97. The summed E-state index contributed by atoms with van der Waals surface area (Å²) in [4.78, 5) is 12.4. The Balaban J connectivity index is 1.32. The zero-order valence-corrected chi connectivity index (χ0v) is 19.5. The van der Waals surface area contributed by atoms with E-state index in [2.05, 4.69) is 43.3 Å². The third kappa shape index (κ3) is 5.14. The first kappa shape index (κ1) is 22.7. The standard InChI is InChI=1S/C24H40N4O3/c1-14-17-5-7-19-20(8-6-18(14)17)28(27-26-19)13-16-11-15(22(30)23(16)31)12-21(29)25-10-9-24(2,3)4/h14-18,22-23,30-31H,5-13H2,1-4H3,(H,25,29)/t14?,15-,16-,17?,18?,22+,23-/m1/s1. The summed E-state index contributed by atoms with van der Waals surface area (Å²) in [6.07, 6.45) is 4.50. The largest absolute Gasteiger partial charge is 0.390 e. The van der Waals surface area contributed by atoms with Gasteiger partial charge in [-0.2, -0.15) is 0 Å². The molecule has 3 aliphatic carbocycles. The Bertz CT molecular complexity index is 786. The van der Waals surface area contributed by atoms with Crippen LogP contribution in [-0.4, -0.2) is 49.9 Å². The number of carbonyl (C=O) groups excluding carboxylic acids is 1. The van der Waals surface area contributed by atoms with Crippen molar-refractivity contribution in [3.05, 3.63) is 11.4 Å². The molecule has 0 spiro atoms. The maximum atomic E-state index is 12.4. The molecular formula is C24H40N4O3. The summed E-state index contributed by atoms with van der Waals surface area (Å²) >= 11 is 0. The molecule has 7 nitrogen and oxygen atoms in total. The molecule has 2 fully saturated rings. The molecule has 174 valence electrons. The van der Waals surface area contributed by atoms with Gasteiger partial charge in [0.05, 0.1) is 23.6 Å². The number of aliphatic hydroxyl groups excluding tert-OH is 2. The van der Waals surface area contributed by atoms with Gasteiger partial charge in [0.1, 0.15) is 0 Å². The van der Waals surface area contributed by atoms with E-state index < -0.39 is 12.2 Å². The highest BCUT2D eigenvalue weighted by molar-refractivity contribution is 5.76. The lowest BCUT2D eigenvalue weighted by Crippen LogP contribution is -2.33. The number of aliphatic hydroxyl groups is 2. The van der Waals surface area contributed by atoms with Crippen LogP contribution in [-0.2, 0) is 24.2 Å². The minimum Gasteiger partial charge on any atom is -0.390 e. The molecule has 0 radical (unpaired) electrons. The van der Waals surface area contributed by atoms with Gasteiger partial charge in [-0.1, -0.05) is 32.9 Å². The molecule has 1 aromatic rings. The Labute approximate surface area is 186 Å². The second-order valence-corrected chi connectivity index (χ2v) is 11.5. The van der Waals surface area contributed by atoms with E-state index in [1.54, 1.807) is 0 Å². The topological polar surface area (TPSA) is 100 Å². The smallest absolute Gasteiger partial charge is 0.220 e. The fraction of sp³-hybridized carbons (Fsp3) is 0.875. The lowest BCUT2D eigenvalue weighted by atomic mass is 9.92. The van der Waals surface area contributed by atoms with Crippen molar-refractivity contribution in [2.75, 3.05) is 6.54 Å². The minimum atomic E-state index is -0.864. The van der Waals surface area contributed by atoms with Gasteiger partial charge in [0.25, 0.3) is 0 Å². The predicted octanol–water partition coefficient (Wildman–Crippen LogP) is 2.34. The van der Waals surface area contributed by atoms with E-state index in [0.29, 0.717) is 19.5 Å². The molecule has 7 heteroatoms. The highest BCUT2D eigenvalue weighted by Gasteiger charge is 2.47. The number of aromatic nitrogens is 3. The van der Waals surface area contributed by atoms with Gasteiger partial charge in [-0.15, -0.1) is 5.10 Å². The number of nitrogens with one attached hydrogen (secondary N) is 1. The van der Waals surface area contributed by atoms with Gasteiger partial charge in [-0.3, -0.25) is 4.79 Å². The summed E-state index contributed by atoms with van der Waals surface area (Å²) in [7, 11) is 0. The van der Waals surface area contributed by atoms with Crippen LogP contribution in [0.5, 0.6) is 0 Å². The number of fused-ring (bicyclic) bond motifs is 2. The van der Waals surface area contributed by atoms with Gasteiger partial charge in [-0.05, 0) is 67.6 Å². The second kappa shape index (κ2) is 8.81. The first-order valence-corrected chi connectivity index (χ1v) is 12.2. The first-order valence-electron chi connectivity index (χ1n) is 12.2. The van der Waals surface area contributed by atoms with Crippen molar-refractivity contribution in [2.45, 2.75) is 91.4 Å². The van der Waals surface area contributed by atoms with E-state index in [-0.39, 0.29) is 29.6 Å². The van der Waals surface area contributed by atoms with Crippen molar-refractivity contribution in [3.8, 4) is 0 Å². The maximum absolute atomic E-state index is 12.4. The number of nitrogens with zero attached hydrogens (tertiary/aromatic N) is 3. The number of rotatable bonds is 6. The zero-order valence-electron chi connectivity index (χ0n) is 19.5. The average molecular weight is 433 g/mol. The van der Waals surface area contributed by atoms with E-state index in [9.17, 15) is 15.0 Å². The number of amides is 1. The molecule has 3 unspecified atom stereocenters. The quantitative estimate of drug-likeness (QED) is 0.641. The van der Waals surface area contributed by atoms with Gasteiger partial charge in [0.15, 0.2) is 0 Å². The van der Waals surface area contributed by atoms with Gasteiger partial charge in [0.2, 0.25) is 5.91 Å². The van der Waals surface area contributed by atoms with Gasteiger partial charge in [-0.25, -0.2) is 4.68 Å². The van der Waals surface area contributed by atoms with E-state index >= 15 is 0 Å². The number of hydrogen-bond donors (Lipinski definition) is 3. The molecular weight excluding hydrogens is 392 g/mol. The van der Waals surface area contributed by atoms with Crippen molar-refractivity contribution in [1.82, 2.24) is 20.3 Å². The van der Waals surface area contributed by atoms with Crippen molar-refractivity contribution in [1.29, 1.82) is 0 Å². The van der Waals surface area contributed by atoms with Crippen LogP contribution in [0.2, 0.25) is 0 Å². The van der Waals surface area contributed by atoms with Gasteiger partial charge in [0, 0.05) is 25.4 Å². The third-order valence-corrected chi connectivity index (χ3v) is 8.08. The van der Waals surface area contributed by atoms with E-state index in [0.717, 1.165) is 42.7 Å². The molecule has 0 aliphatic heterocycles. The van der Waals surface area contributed by atoms with E-state index in [4.69, 9.17) is 0 Å². The SMILES string of the molecule is CC1C2CCc3nnn(C[C@H]4C[C@H](CC(=O)NCCC(C)(C)C)[C@H](O)[C@@H]4O)c3CCC12. The second-order valence-electron chi connectivity index (χ2n) is 11.5.